The molecule has 1 unspecified atom stereocenters. The van der Waals surface area contributed by atoms with E-state index < -0.39 is 5.60 Å². The van der Waals surface area contributed by atoms with Crippen LogP contribution in [0.5, 0.6) is 5.75 Å². The largest absolute Gasteiger partial charge is 0.495 e. The molecule has 5 nitrogen and oxygen atoms in total. The Balaban J connectivity index is 0.00000300. The molecule has 0 saturated carbocycles. The smallest absolute Gasteiger partial charge is 0.193 e. The van der Waals surface area contributed by atoms with Crippen molar-refractivity contribution in [3.63, 3.8) is 0 Å². The Morgan fingerprint density at radius 3 is 2.21 bits per heavy atom. The molecule has 3 aromatic carbocycles. The number of nitrogens with zero attached hydrogens (tertiary/aromatic N) is 1. The van der Waals surface area contributed by atoms with E-state index in [0.717, 1.165) is 16.8 Å². The van der Waals surface area contributed by atoms with Crippen LogP contribution in [-0.2, 0) is 12.0 Å². The zero-order chi connectivity index (χ0) is 19.8. The van der Waals surface area contributed by atoms with Crippen LogP contribution in [0, 0.1) is 0 Å². The van der Waals surface area contributed by atoms with Crippen molar-refractivity contribution in [1.82, 2.24) is 0 Å². The molecule has 0 aliphatic carbocycles. The highest BCUT2D eigenvalue weighted by Crippen LogP contribution is 2.27. The second-order valence-corrected chi connectivity index (χ2v) is 6.59. The highest BCUT2D eigenvalue weighted by Gasteiger charge is 2.29. The van der Waals surface area contributed by atoms with Crippen LogP contribution in [0.1, 0.15) is 11.1 Å². The molecule has 0 amide bonds. The average molecular weight is 503 g/mol. The zero-order valence-corrected chi connectivity index (χ0v) is 18.6. The summed E-state index contributed by atoms with van der Waals surface area (Å²) in [5.41, 5.74) is 7.46. The van der Waals surface area contributed by atoms with Gasteiger partial charge in [-0.2, -0.15) is 0 Å². The van der Waals surface area contributed by atoms with E-state index in [1.54, 1.807) is 7.11 Å². The first-order chi connectivity index (χ1) is 13.6. The molecule has 4 N–H and O–H groups in total. The fraction of sp³-hybridized carbons (Fsp3) is 0.174. The van der Waals surface area contributed by atoms with E-state index >= 15 is 0 Å². The monoisotopic (exact) mass is 503 g/mol. The maximum atomic E-state index is 11.4. The van der Waals surface area contributed by atoms with Crippen molar-refractivity contribution in [3.8, 4) is 5.75 Å². The van der Waals surface area contributed by atoms with Gasteiger partial charge in [0.25, 0.3) is 0 Å². The average Bonchev–Trinajstić information content (AvgIpc) is 2.74. The number of anilines is 1. The van der Waals surface area contributed by atoms with Crippen molar-refractivity contribution < 1.29 is 9.84 Å². The summed E-state index contributed by atoms with van der Waals surface area (Å²) in [6.07, 6.45) is 0.434. The Bertz CT molecular complexity index is 920. The van der Waals surface area contributed by atoms with Gasteiger partial charge in [-0.05, 0) is 23.3 Å². The van der Waals surface area contributed by atoms with Gasteiger partial charge in [-0.15, -0.1) is 24.0 Å². The summed E-state index contributed by atoms with van der Waals surface area (Å²) < 4.78 is 5.32. The SMILES string of the molecule is COc1ccccc1NC(N)=NCC(O)(Cc1ccccc1)c1ccccc1.I. The molecule has 152 valence electrons. The van der Waals surface area contributed by atoms with E-state index in [1.807, 2.05) is 84.9 Å². The summed E-state index contributed by atoms with van der Waals surface area (Å²) in [7, 11) is 1.60. The number of aliphatic hydroxyl groups is 1. The molecule has 0 saturated heterocycles. The van der Waals surface area contributed by atoms with Crippen LogP contribution in [0.2, 0.25) is 0 Å². The molecule has 0 aliphatic rings. The summed E-state index contributed by atoms with van der Waals surface area (Å²) in [6, 6.07) is 26.9. The Morgan fingerprint density at radius 1 is 0.966 bits per heavy atom. The Morgan fingerprint density at radius 2 is 1.55 bits per heavy atom. The fourth-order valence-electron chi connectivity index (χ4n) is 3.07. The van der Waals surface area contributed by atoms with Crippen molar-refractivity contribution in [2.75, 3.05) is 19.0 Å². The van der Waals surface area contributed by atoms with Crippen LogP contribution in [0.3, 0.4) is 0 Å². The highest BCUT2D eigenvalue weighted by atomic mass is 127. The van der Waals surface area contributed by atoms with Crippen LogP contribution in [0.15, 0.2) is 89.9 Å². The van der Waals surface area contributed by atoms with E-state index in [0.29, 0.717) is 12.2 Å². The summed E-state index contributed by atoms with van der Waals surface area (Å²) in [6.45, 7) is 0.125. The van der Waals surface area contributed by atoms with Gasteiger partial charge in [0.2, 0.25) is 0 Å². The van der Waals surface area contributed by atoms with E-state index in [-0.39, 0.29) is 36.5 Å². The lowest BCUT2D eigenvalue weighted by Crippen LogP contribution is -2.34. The van der Waals surface area contributed by atoms with Gasteiger partial charge < -0.3 is 20.9 Å². The second-order valence-electron chi connectivity index (χ2n) is 6.59. The van der Waals surface area contributed by atoms with Gasteiger partial charge in [0.1, 0.15) is 11.4 Å². The first kappa shape index (κ1) is 22.7. The highest BCUT2D eigenvalue weighted by molar-refractivity contribution is 14.0. The van der Waals surface area contributed by atoms with Gasteiger partial charge in [-0.3, -0.25) is 0 Å². The number of nitrogens with two attached hydrogens (primary N) is 1. The van der Waals surface area contributed by atoms with Crippen molar-refractivity contribution >= 4 is 35.6 Å². The number of ether oxygens (including phenoxy) is 1. The molecule has 3 rings (SSSR count). The lowest BCUT2D eigenvalue weighted by molar-refractivity contribution is 0.0468. The summed E-state index contributed by atoms with van der Waals surface area (Å²) in [4.78, 5) is 4.42. The molecule has 0 bridgehead atoms. The summed E-state index contributed by atoms with van der Waals surface area (Å²) in [5, 5.41) is 14.5. The third-order valence-corrected chi connectivity index (χ3v) is 4.53. The third-order valence-electron chi connectivity index (χ3n) is 4.53. The topological polar surface area (TPSA) is 79.9 Å². The molecular formula is C23H26IN3O2. The first-order valence-corrected chi connectivity index (χ1v) is 9.12. The number of nitrogens with one attached hydrogen (secondary N) is 1. The second kappa shape index (κ2) is 10.8. The maximum Gasteiger partial charge on any atom is 0.193 e. The number of halogens is 1. The number of rotatable bonds is 7. The molecule has 6 heteroatoms. The number of aliphatic imine (C=N–C) groups is 1. The summed E-state index contributed by atoms with van der Waals surface area (Å²) in [5.74, 6) is 0.884. The fourth-order valence-corrected chi connectivity index (χ4v) is 3.07. The Labute approximate surface area is 188 Å². The predicted octanol–water partition coefficient (Wildman–Crippen LogP) is 4.17. The molecule has 3 aromatic rings. The zero-order valence-electron chi connectivity index (χ0n) is 16.3. The molecule has 1 atom stereocenters. The van der Waals surface area contributed by atoms with Gasteiger partial charge in [0.15, 0.2) is 5.96 Å². The number of guanidine groups is 1. The molecule has 0 aliphatic heterocycles. The molecule has 0 radical (unpaired) electrons. The maximum absolute atomic E-state index is 11.4. The minimum absolute atomic E-state index is 0. The number of benzene rings is 3. The molecule has 29 heavy (non-hydrogen) atoms. The van der Waals surface area contributed by atoms with Crippen molar-refractivity contribution in [3.05, 3.63) is 96.1 Å². The van der Waals surface area contributed by atoms with Crippen LogP contribution in [0.4, 0.5) is 5.69 Å². The van der Waals surface area contributed by atoms with Gasteiger partial charge in [0, 0.05) is 6.42 Å². The van der Waals surface area contributed by atoms with Gasteiger partial charge in [-0.1, -0.05) is 72.8 Å². The normalized spacial score (nSPS) is 13.1. The Kier molecular flexibility index (Phi) is 8.48. The number of hydrogen-bond donors (Lipinski definition) is 3. The standard InChI is InChI=1S/C23H25N3O2.HI/c1-28-21-15-9-8-14-20(21)26-22(24)25-17-23(27,19-12-6-3-7-13-19)16-18-10-4-2-5-11-18;/h2-15,27H,16-17H2,1H3,(H3,24,25,26);1H. The van der Waals surface area contributed by atoms with E-state index in [2.05, 4.69) is 10.3 Å². The van der Waals surface area contributed by atoms with Gasteiger partial charge in [0.05, 0.1) is 19.3 Å². The summed E-state index contributed by atoms with van der Waals surface area (Å²) >= 11 is 0. The molecule has 0 aromatic heterocycles. The van der Waals surface area contributed by atoms with Gasteiger partial charge in [-0.25, -0.2) is 4.99 Å². The van der Waals surface area contributed by atoms with Crippen molar-refractivity contribution in [2.24, 2.45) is 10.7 Å². The number of para-hydroxylation sites is 2. The lowest BCUT2D eigenvalue weighted by atomic mass is 9.87. The van der Waals surface area contributed by atoms with E-state index in [1.165, 1.54) is 0 Å². The molecule has 0 fully saturated rings. The number of methoxy groups -OCH3 is 1. The number of hydrogen-bond acceptors (Lipinski definition) is 3. The van der Waals surface area contributed by atoms with Crippen molar-refractivity contribution in [2.45, 2.75) is 12.0 Å². The molecular weight excluding hydrogens is 477 g/mol. The Hall–Kier alpha value is -2.58. The van der Waals surface area contributed by atoms with E-state index in [9.17, 15) is 5.11 Å². The van der Waals surface area contributed by atoms with Gasteiger partial charge >= 0.3 is 0 Å². The van der Waals surface area contributed by atoms with Crippen molar-refractivity contribution in [1.29, 1.82) is 0 Å². The predicted molar refractivity (Wildman–Crippen MR) is 129 cm³/mol. The van der Waals surface area contributed by atoms with Crippen LogP contribution in [0.25, 0.3) is 0 Å². The first-order valence-electron chi connectivity index (χ1n) is 9.12. The minimum atomic E-state index is -1.17. The molecule has 0 heterocycles. The molecule has 0 spiro atoms. The van der Waals surface area contributed by atoms with E-state index in [4.69, 9.17) is 10.5 Å². The van der Waals surface area contributed by atoms with Crippen LogP contribution >= 0.6 is 24.0 Å². The van der Waals surface area contributed by atoms with Crippen LogP contribution < -0.4 is 15.8 Å². The minimum Gasteiger partial charge on any atom is -0.495 e. The quantitative estimate of drug-likeness (QED) is 0.257. The third kappa shape index (κ3) is 6.20. The van der Waals surface area contributed by atoms with Crippen LogP contribution in [-0.4, -0.2) is 24.7 Å². The lowest BCUT2D eigenvalue weighted by Gasteiger charge is -2.27.